The minimum atomic E-state index is -0.191. The lowest BCUT2D eigenvalue weighted by molar-refractivity contribution is 0.0943. The van der Waals surface area contributed by atoms with Crippen LogP contribution in [0.4, 0.5) is 5.69 Å². The third-order valence-corrected chi connectivity index (χ3v) is 3.97. The van der Waals surface area contributed by atoms with Crippen molar-refractivity contribution in [1.29, 1.82) is 0 Å². The van der Waals surface area contributed by atoms with Crippen LogP contribution >= 0.6 is 0 Å². The average Bonchev–Trinajstić information content (AvgIpc) is 3.07. The summed E-state index contributed by atoms with van der Waals surface area (Å²) in [6.07, 6.45) is 9.54. The molecular formula is C17H21N3O2. The topological polar surface area (TPSA) is 67.2 Å². The van der Waals surface area contributed by atoms with Crippen molar-refractivity contribution in [2.24, 2.45) is 0 Å². The maximum atomic E-state index is 12.1. The number of carbonyl (C=O) groups excluding carboxylic acids is 1. The van der Waals surface area contributed by atoms with E-state index in [9.17, 15) is 4.79 Å². The lowest BCUT2D eigenvalue weighted by Crippen LogP contribution is -2.25. The monoisotopic (exact) mass is 299 g/mol. The van der Waals surface area contributed by atoms with Gasteiger partial charge in [0.15, 0.2) is 0 Å². The highest BCUT2D eigenvalue weighted by Gasteiger charge is 2.14. The van der Waals surface area contributed by atoms with E-state index in [2.05, 4.69) is 15.6 Å². The Morgan fingerprint density at radius 3 is 2.91 bits per heavy atom. The Hall–Kier alpha value is -2.30. The lowest BCUT2D eigenvalue weighted by atomic mass is 9.95. The summed E-state index contributed by atoms with van der Waals surface area (Å²) in [5.41, 5.74) is 1.39. The number of amides is 1. The second-order valence-electron chi connectivity index (χ2n) is 5.67. The van der Waals surface area contributed by atoms with Gasteiger partial charge in [-0.15, -0.1) is 0 Å². The maximum Gasteiger partial charge on any atom is 0.270 e. The molecular weight excluding hydrogens is 278 g/mol. The van der Waals surface area contributed by atoms with Gasteiger partial charge in [0, 0.05) is 17.9 Å². The van der Waals surface area contributed by atoms with Crippen molar-refractivity contribution in [2.75, 3.05) is 5.32 Å². The molecule has 2 heterocycles. The summed E-state index contributed by atoms with van der Waals surface area (Å²) in [4.78, 5) is 16.3. The molecule has 0 bridgehead atoms. The van der Waals surface area contributed by atoms with Crippen LogP contribution in [0.2, 0.25) is 0 Å². The summed E-state index contributed by atoms with van der Waals surface area (Å²) in [7, 11) is 0. The molecule has 2 N–H and O–H groups in total. The van der Waals surface area contributed by atoms with E-state index in [4.69, 9.17) is 4.42 Å². The van der Waals surface area contributed by atoms with Gasteiger partial charge in [0.05, 0.1) is 12.8 Å². The maximum absolute atomic E-state index is 12.1. The number of carbonyl (C=O) groups is 1. The number of nitrogens with zero attached hydrogens (tertiary/aromatic N) is 1. The zero-order chi connectivity index (χ0) is 15.2. The predicted molar refractivity (Wildman–Crippen MR) is 84.6 cm³/mol. The predicted octanol–water partition coefficient (Wildman–Crippen LogP) is 3.35. The molecule has 5 heteroatoms. The van der Waals surface area contributed by atoms with Crippen LogP contribution in [-0.4, -0.2) is 16.9 Å². The van der Waals surface area contributed by atoms with Gasteiger partial charge in [-0.1, -0.05) is 19.3 Å². The van der Waals surface area contributed by atoms with Gasteiger partial charge < -0.3 is 15.1 Å². The Balaban J connectivity index is 1.58. The van der Waals surface area contributed by atoms with Crippen molar-refractivity contribution >= 4 is 11.6 Å². The van der Waals surface area contributed by atoms with E-state index in [0.29, 0.717) is 18.3 Å². The van der Waals surface area contributed by atoms with Gasteiger partial charge >= 0.3 is 0 Å². The van der Waals surface area contributed by atoms with Crippen LogP contribution < -0.4 is 10.6 Å². The average molecular weight is 299 g/mol. The fourth-order valence-corrected chi connectivity index (χ4v) is 2.80. The van der Waals surface area contributed by atoms with Crippen LogP contribution in [0, 0.1) is 0 Å². The van der Waals surface area contributed by atoms with Crippen molar-refractivity contribution in [1.82, 2.24) is 10.3 Å². The standard InChI is InChI=1S/C17H21N3O2/c21-17(19-12-15-7-4-10-22-15)16-11-14(8-9-18-16)20-13-5-2-1-3-6-13/h4,7-11,13H,1-3,5-6,12H2,(H,18,20)(H,19,21). The van der Waals surface area contributed by atoms with E-state index in [1.54, 1.807) is 18.5 Å². The zero-order valence-corrected chi connectivity index (χ0v) is 12.5. The van der Waals surface area contributed by atoms with E-state index in [1.807, 2.05) is 18.2 Å². The summed E-state index contributed by atoms with van der Waals surface area (Å²) in [6.45, 7) is 0.369. The van der Waals surface area contributed by atoms with E-state index >= 15 is 0 Å². The molecule has 1 saturated carbocycles. The van der Waals surface area contributed by atoms with Crippen molar-refractivity contribution in [3.05, 3.63) is 48.2 Å². The van der Waals surface area contributed by atoms with Crippen molar-refractivity contribution in [3.8, 4) is 0 Å². The number of hydrogen-bond donors (Lipinski definition) is 2. The molecule has 0 radical (unpaired) electrons. The quantitative estimate of drug-likeness (QED) is 0.888. The molecule has 3 rings (SSSR count). The molecule has 116 valence electrons. The van der Waals surface area contributed by atoms with E-state index in [1.165, 1.54) is 32.1 Å². The van der Waals surface area contributed by atoms with Crippen LogP contribution in [0.3, 0.4) is 0 Å². The Labute approximate surface area is 130 Å². The third-order valence-electron chi connectivity index (χ3n) is 3.97. The Bertz CT molecular complexity index is 604. The number of nitrogens with one attached hydrogen (secondary N) is 2. The Kier molecular flexibility index (Phi) is 4.73. The largest absolute Gasteiger partial charge is 0.467 e. The van der Waals surface area contributed by atoms with Gasteiger partial charge in [0.25, 0.3) is 5.91 Å². The number of hydrogen-bond acceptors (Lipinski definition) is 4. The first-order valence-electron chi connectivity index (χ1n) is 7.84. The van der Waals surface area contributed by atoms with Crippen molar-refractivity contribution in [2.45, 2.75) is 44.7 Å². The van der Waals surface area contributed by atoms with E-state index < -0.39 is 0 Å². The molecule has 0 unspecified atom stereocenters. The summed E-state index contributed by atoms with van der Waals surface area (Å²) >= 11 is 0. The first-order valence-corrected chi connectivity index (χ1v) is 7.84. The summed E-state index contributed by atoms with van der Waals surface area (Å²) in [6, 6.07) is 7.86. The summed E-state index contributed by atoms with van der Waals surface area (Å²) < 4.78 is 5.20. The molecule has 1 aliphatic carbocycles. The molecule has 0 spiro atoms. The van der Waals surface area contributed by atoms with E-state index in [-0.39, 0.29) is 5.91 Å². The van der Waals surface area contributed by atoms with Gasteiger partial charge in [-0.05, 0) is 37.1 Å². The third kappa shape index (κ3) is 3.87. The highest BCUT2D eigenvalue weighted by Crippen LogP contribution is 2.21. The van der Waals surface area contributed by atoms with Crippen LogP contribution in [0.25, 0.3) is 0 Å². The number of pyridine rings is 1. The van der Waals surface area contributed by atoms with E-state index in [0.717, 1.165) is 11.4 Å². The Morgan fingerprint density at radius 2 is 2.14 bits per heavy atom. The summed E-state index contributed by atoms with van der Waals surface area (Å²) in [5, 5.41) is 6.32. The fraction of sp³-hybridized carbons (Fsp3) is 0.412. The zero-order valence-electron chi connectivity index (χ0n) is 12.5. The van der Waals surface area contributed by atoms with Crippen LogP contribution in [0.5, 0.6) is 0 Å². The molecule has 2 aromatic heterocycles. The normalized spacial score (nSPS) is 15.5. The van der Waals surface area contributed by atoms with Crippen LogP contribution in [0.1, 0.15) is 48.4 Å². The SMILES string of the molecule is O=C(NCc1ccco1)c1cc(NC2CCCCC2)ccn1. The molecule has 0 aromatic carbocycles. The first kappa shape index (κ1) is 14.6. The first-order chi connectivity index (χ1) is 10.8. The van der Waals surface area contributed by atoms with Gasteiger partial charge in [0.2, 0.25) is 0 Å². The molecule has 0 aliphatic heterocycles. The number of furan rings is 1. The second kappa shape index (κ2) is 7.11. The van der Waals surface area contributed by atoms with Crippen molar-refractivity contribution in [3.63, 3.8) is 0 Å². The number of anilines is 1. The van der Waals surface area contributed by atoms with Gasteiger partial charge in [0.1, 0.15) is 11.5 Å². The number of aromatic nitrogens is 1. The molecule has 1 fully saturated rings. The molecule has 1 aliphatic rings. The minimum Gasteiger partial charge on any atom is -0.467 e. The van der Waals surface area contributed by atoms with Crippen LogP contribution in [-0.2, 0) is 6.54 Å². The number of rotatable bonds is 5. The van der Waals surface area contributed by atoms with Crippen molar-refractivity contribution < 1.29 is 9.21 Å². The van der Waals surface area contributed by atoms with Gasteiger partial charge in [-0.25, -0.2) is 0 Å². The minimum absolute atomic E-state index is 0.191. The second-order valence-corrected chi connectivity index (χ2v) is 5.67. The molecule has 1 amide bonds. The fourth-order valence-electron chi connectivity index (χ4n) is 2.80. The molecule has 0 saturated heterocycles. The Morgan fingerprint density at radius 1 is 1.27 bits per heavy atom. The molecule has 5 nitrogen and oxygen atoms in total. The molecule has 2 aromatic rings. The van der Waals surface area contributed by atoms with Gasteiger partial charge in [-0.3, -0.25) is 9.78 Å². The van der Waals surface area contributed by atoms with Gasteiger partial charge in [-0.2, -0.15) is 0 Å². The highest BCUT2D eigenvalue weighted by molar-refractivity contribution is 5.93. The lowest BCUT2D eigenvalue weighted by Gasteiger charge is -2.23. The highest BCUT2D eigenvalue weighted by atomic mass is 16.3. The molecule has 0 atom stereocenters. The smallest absolute Gasteiger partial charge is 0.270 e. The summed E-state index contributed by atoms with van der Waals surface area (Å²) in [5.74, 6) is 0.536. The molecule has 22 heavy (non-hydrogen) atoms. The van der Waals surface area contributed by atoms with Crippen LogP contribution in [0.15, 0.2) is 41.1 Å².